The molecule has 3 aromatic rings. The third-order valence-electron chi connectivity index (χ3n) is 4.50. The van der Waals surface area contributed by atoms with Crippen LogP contribution in [-0.4, -0.2) is 43.8 Å². The predicted octanol–water partition coefficient (Wildman–Crippen LogP) is 3.46. The van der Waals surface area contributed by atoms with Gasteiger partial charge in [-0.3, -0.25) is 9.59 Å². The second kappa shape index (κ2) is 10.2. The zero-order valence-corrected chi connectivity index (χ0v) is 18.7. The van der Waals surface area contributed by atoms with Crippen molar-refractivity contribution in [3.63, 3.8) is 0 Å². The molecule has 0 unspecified atom stereocenters. The number of methoxy groups -OCH3 is 2. The standard InChI is InChI=1S/C22H25N3O5S/c1-5-30-11-10-25-18-9-6-15(23-14(2)26)12-20(18)31-22(25)24-21(27)17-8-7-16(28-3)13-19(17)29-4/h6-9,12-13H,5,10-11H2,1-4H3,(H,23,26). The van der Waals surface area contributed by atoms with Crippen LogP contribution >= 0.6 is 11.3 Å². The lowest BCUT2D eigenvalue weighted by Gasteiger charge is -2.08. The quantitative estimate of drug-likeness (QED) is 0.539. The average Bonchev–Trinajstić information content (AvgIpc) is 3.09. The average molecular weight is 444 g/mol. The number of ether oxygens (including phenoxy) is 3. The first-order valence-corrected chi connectivity index (χ1v) is 10.6. The zero-order chi connectivity index (χ0) is 22.4. The number of nitrogens with one attached hydrogen (secondary N) is 1. The number of benzene rings is 2. The highest BCUT2D eigenvalue weighted by atomic mass is 32.1. The second-order valence-corrected chi connectivity index (χ2v) is 7.59. The maximum Gasteiger partial charge on any atom is 0.283 e. The molecule has 0 aliphatic heterocycles. The molecule has 0 aliphatic rings. The van der Waals surface area contributed by atoms with Gasteiger partial charge in [0.25, 0.3) is 5.91 Å². The van der Waals surface area contributed by atoms with Crippen molar-refractivity contribution >= 4 is 39.1 Å². The van der Waals surface area contributed by atoms with Crippen LogP contribution in [-0.2, 0) is 16.1 Å². The van der Waals surface area contributed by atoms with Crippen LogP contribution in [0.5, 0.6) is 11.5 Å². The summed E-state index contributed by atoms with van der Waals surface area (Å²) in [4.78, 5) is 29.3. The van der Waals surface area contributed by atoms with E-state index in [-0.39, 0.29) is 5.91 Å². The Balaban J connectivity index is 2.08. The zero-order valence-electron chi connectivity index (χ0n) is 17.9. The summed E-state index contributed by atoms with van der Waals surface area (Å²) < 4.78 is 18.9. The van der Waals surface area contributed by atoms with Gasteiger partial charge < -0.3 is 24.1 Å². The molecule has 164 valence electrons. The largest absolute Gasteiger partial charge is 0.497 e. The van der Waals surface area contributed by atoms with Crippen molar-refractivity contribution in [3.05, 3.63) is 46.8 Å². The van der Waals surface area contributed by atoms with Crippen LogP contribution in [0, 0.1) is 0 Å². The summed E-state index contributed by atoms with van der Waals surface area (Å²) in [6.45, 7) is 5.02. The Kier molecular flexibility index (Phi) is 7.43. The van der Waals surface area contributed by atoms with Crippen LogP contribution in [0.15, 0.2) is 41.4 Å². The Morgan fingerprint density at radius 1 is 1.13 bits per heavy atom. The molecule has 9 heteroatoms. The Morgan fingerprint density at radius 3 is 2.61 bits per heavy atom. The maximum atomic E-state index is 13.0. The molecule has 0 aliphatic carbocycles. The summed E-state index contributed by atoms with van der Waals surface area (Å²) >= 11 is 1.37. The van der Waals surface area contributed by atoms with Gasteiger partial charge in [0.15, 0.2) is 4.80 Å². The first-order chi connectivity index (χ1) is 15.0. The molecule has 2 amide bonds. The van der Waals surface area contributed by atoms with Crippen LogP contribution in [0.1, 0.15) is 24.2 Å². The molecule has 0 saturated carbocycles. The Bertz CT molecular complexity index is 1170. The van der Waals surface area contributed by atoms with E-state index in [1.807, 2.05) is 29.7 Å². The Labute approximate surface area is 184 Å². The van der Waals surface area contributed by atoms with Gasteiger partial charge in [-0.15, -0.1) is 0 Å². The predicted molar refractivity (Wildman–Crippen MR) is 120 cm³/mol. The number of thiazole rings is 1. The minimum atomic E-state index is -0.418. The normalized spacial score (nSPS) is 11.5. The molecule has 3 rings (SSSR count). The van der Waals surface area contributed by atoms with Crippen LogP contribution in [0.25, 0.3) is 10.2 Å². The number of carbonyl (C=O) groups excluding carboxylic acids is 2. The minimum absolute atomic E-state index is 0.146. The highest BCUT2D eigenvalue weighted by Gasteiger charge is 2.15. The topological polar surface area (TPSA) is 91.2 Å². The molecular formula is C22H25N3O5S. The van der Waals surface area contributed by atoms with E-state index in [0.29, 0.717) is 47.3 Å². The van der Waals surface area contributed by atoms with E-state index >= 15 is 0 Å². The van der Waals surface area contributed by atoms with Crippen molar-refractivity contribution in [1.29, 1.82) is 0 Å². The van der Waals surface area contributed by atoms with E-state index in [4.69, 9.17) is 14.2 Å². The fourth-order valence-corrected chi connectivity index (χ4v) is 4.17. The number of fused-ring (bicyclic) bond motifs is 1. The Morgan fingerprint density at radius 2 is 1.94 bits per heavy atom. The van der Waals surface area contributed by atoms with Gasteiger partial charge in [0.1, 0.15) is 11.5 Å². The maximum absolute atomic E-state index is 13.0. The number of carbonyl (C=O) groups is 2. The van der Waals surface area contributed by atoms with Gasteiger partial charge in [-0.25, -0.2) is 0 Å². The molecular weight excluding hydrogens is 418 g/mol. The van der Waals surface area contributed by atoms with Crippen molar-refractivity contribution < 1.29 is 23.8 Å². The summed E-state index contributed by atoms with van der Waals surface area (Å²) in [6, 6.07) is 10.6. The van der Waals surface area contributed by atoms with E-state index in [1.165, 1.54) is 25.4 Å². The number of aromatic nitrogens is 1. The highest BCUT2D eigenvalue weighted by Crippen LogP contribution is 2.26. The number of hydrogen-bond acceptors (Lipinski definition) is 6. The van der Waals surface area contributed by atoms with Gasteiger partial charge in [-0.05, 0) is 37.3 Å². The molecule has 0 saturated heterocycles. The van der Waals surface area contributed by atoms with Crippen molar-refractivity contribution in [2.45, 2.75) is 20.4 Å². The van der Waals surface area contributed by atoms with E-state index in [9.17, 15) is 9.59 Å². The molecule has 0 bridgehead atoms. The highest BCUT2D eigenvalue weighted by molar-refractivity contribution is 7.16. The fraction of sp³-hybridized carbons (Fsp3) is 0.318. The van der Waals surface area contributed by atoms with Gasteiger partial charge >= 0.3 is 0 Å². The van der Waals surface area contributed by atoms with E-state index in [1.54, 1.807) is 25.3 Å². The molecule has 0 fully saturated rings. The van der Waals surface area contributed by atoms with Crippen LogP contribution in [0.3, 0.4) is 0 Å². The molecule has 31 heavy (non-hydrogen) atoms. The number of amides is 2. The fourth-order valence-electron chi connectivity index (χ4n) is 3.08. The van der Waals surface area contributed by atoms with Gasteiger partial charge in [-0.2, -0.15) is 4.99 Å². The van der Waals surface area contributed by atoms with Crippen molar-refractivity contribution in [2.75, 3.05) is 32.8 Å². The van der Waals surface area contributed by atoms with Crippen LogP contribution in [0.4, 0.5) is 5.69 Å². The molecule has 1 aromatic heterocycles. The van der Waals surface area contributed by atoms with E-state index in [0.717, 1.165) is 10.2 Å². The second-order valence-electron chi connectivity index (χ2n) is 6.58. The number of hydrogen-bond donors (Lipinski definition) is 1. The number of rotatable bonds is 8. The third kappa shape index (κ3) is 5.31. The van der Waals surface area contributed by atoms with Crippen molar-refractivity contribution in [1.82, 2.24) is 4.57 Å². The van der Waals surface area contributed by atoms with Gasteiger partial charge in [-0.1, -0.05) is 11.3 Å². The summed E-state index contributed by atoms with van der Waals surface area (Å²) in [6.07, 6.45) is 0. The lowest BCUT2D eigenvalue weighted by atomic mass is 10.2. The molecule has 8 nitrogen and oxygen atoms in total. The smallest absolute Gasteiger partial charge is 0.283 e. The monoisotopic (exact) mass is 443 g/mol. The molecule has 0 atom stereocenters. The first kappa shape index (κ1) is 22.5. The third-order valence-corrected chi connectivity index (χ3v) is 5.54. The molecule has 1 heterocycles. The van der Waals surface area contributed by atoms with E-state index < -0.39 is 5.91 Å². The summed E-state index contributed by atoms with van der Waals surface area (Å²) in [5.41, 5.74) is 1.94. The van der Waals surface area contributed by atoms with Crippen LogP contribution < -0.4 is 19.6 Å². The lowest BCUT2D eigenvalue weighted by molar-refractivity contribution is -0.114. The number of anilines is 1. The molecule has 1 N–H and O–H groups in total. The van der Waals surface area contributed by atoms with Crippen LogP contribution in [0.2, 0.25) is 0 Å². The molecule has 0 spiro atoms. The summed E-state index contributed by atoms with van der Waals surface area (Å²) in [5.74, 6) is 0.417. The van der Waals surface area contributed by atoms with Gasteiger partial charge in [0.05, 0.1) is 36.6 Å². The number of nitrogens with zero attached hydrogens (tertiary/aromatic N) is 2. The van der Waals surface area contributed by atoms with E-state index in [2.05, 4.69) is 10.3 Å². The lowest BCUT2D eigenvalue weighted by Crippen LogP contribution is -2.20. The SMILES string of the molecule is CCOCCn1c(=NC(=O)c2ccc(OC)cc2OC)sc2cc(NC(C)=O)ccc21. The van der Waals surface area contributed by atoms with Gasteiger partial charge in [0, 0.05) is 31.8 Å². The minimum Gasteiger partial charge on any atom is -0.497 e. The Hall–Kier alpha value is -3.17. The van der Waals surface area contributed by atoms with Crippen molar-refractivity contribution in [3.8, 4) is 11.5 Å². The molecule has 0 radical (unpaired) electrons. The summed E-state index contributed by atoms with van der Waals surface area (Å²) in [5, 5.41) is 2.78. The molecule has 2 aromatic carbocycles. The first-order valence-electron chi connectivity index (χ1n) is 9.76. The van der Waals surface area contributed by atoms with Crippen molar-refractivity contribution in [2.24, 2.45) is 4.99 Å². The van der Waals surface area contributed by atoms with Gasteiger partial charge in [0.2, 0.25) is 5.91 Å². The summed E-state index contributed by atoms with van der Waals surface area (Å²) in [7, 11) is 3.05.